The van der Waals surface area contributed by atoms with Crippen molar-refractivity contribution in [3.05, 3.63) is 114 Å². The maximum Gasteiger partial charge on any atom is 0.185 e. The number of nitrogens with zero attached hydrogens (tertiary/aromatic N) is 1. The molecule has 164 valence electrons. The summed E-state index contributed by atoms with van der Waals surface area (Å²) in [5, 5.41) is 0. The summed E-state index contributed by atoms with van der Waals surface area (Å²) in [6.45, 7) is 1.32. The van der Waals surface area contributed by atoms with Crippen LogP contribution in [0.3, 0.4) is 0 Å². The highest BCUT2D eigenvalue weighted by Crippen LogP contribution is 2.49. The summed E-state index contributed by atoms with van der Waals surface area (Å²) in [7, 11) is -3.50. The van der Waals surface area contributed by atoms with Crippen LogP contribution in [0.25, 0.3) is 0 Å². The number of rotatable bonds is 6. The second kappa shape index (κ2) is 8.68. The lowest BCUT2D eigenvalue weighted by Crippen LogP contribution is -2.47. The van der Waals surface area contributed by atoms with Gasteiger partial charge in [0.2, 0.25) is 0 Å². The first-order valence-electron chi connectivity index (χ1n) is 11.4. The van der Waals surface area contributed by atoms with Gasteiger partial charge in [-0.3, -0.25) is 4.90 Å². The van der Waals surface area contributed by atoms with Gasteiger partial charge in [0.15, 0.2) is 9.84 Å². The van der Waals surface area contributed by atoms with E-state index in [-0.39, 0.29) is 12.0 Å². The van der Waals surface area contributed by atoms with Gasteiger partial charge in [0.1, 0.15) is 0 Å². The van der Waals surface area contributed by atoms with Crippen molar-refractivity contribution in [2.45, 2.75) is 41.5 Å². The van der Waals surface area contributed by atoms with Crippen LogP contribution in [0.15, 0.2) is 108 Å². The summed E-state index contributed by atoms with van der Waals surface area (Å²) in [6, 6.07) is 30.1. The van der Waals surface area contributed by atoms with Gasteiger partial charge in [-0.15, -0.1) is 0 Å². The predicted molar refractivity (Wildman–Crippen MR) is 129 cm³/mol. The Balaban J connectivity index is 1.58. The van der Waals surface area contributed by atoms with Crippen molar-refractivity contribution in [3.8, 4) is 0 Å². The third-order valence-corrected chi connectivity index (χ3v) is 9.71. The molecular weight excluding hydrogens is 414 g/mol. The predicted octanol–water partition coefficient (Wildman–Crippen LogP) is 5.29. The SMILES string of the molecule is O=S(=O)(c1ccccc1)[C@@]12CCC=C[C@@H]1[C@H](Cc1ccccc1)N(Cc1ccccc1)C2. The van der Waals surface area contributed by atoms with Crippen LogP contribution < -0.4 is 0 Å². The molecule has 1 heterocycles. The first kappa shape index (κ1) is 21.2. The van der Waals surface area contributed by atoms with E-state index in [1.807, 2.05) is 30.3 Å². The molecule has 0 spiro atoms. The molecule has 3 atom stereocenters. The molecule has 1 aliphatic heterocycles. The maximum absolute atomic E-state index is 14.1. The van der Waals surface area contributed by atoms with Gasteiger partial charge < -0.3 is 0 Å². The average Bonchev–Trinajstić information content (AvgIpc) is 3.15. The molecule has 1 aliphatic carbocycles. The van der Waals surface area contributed by atoms with Gasteiger partial charge in [0, 0.05) is 25.0 Å². The van der Waals surface area contributed by atoms with Gasteiger partial charge in [-0.2, -0.15) is 0 Å². The van der Waals surface area contributed by atoms with Crippen molar-refractivity contribution in [2.75, 3.05) is 6.54 Å². The Morgan fingerprint density at radius 3 is 2.06 bits per heavy atom. The fourth-order valence-electron chi connectivity index (χ4n) is 5.60. The van der Waals surface area contributed by atoms with Gasteiger partial charge in [-0.1, -0.05) is 91.0 Å². The zero-order valence-corrected chi connectivity index (χ0v) is 19.0. The highest BCUT2D eigenvalue weighted by atomic mass is 32.2. The summed E-state index contributed by atoms with van der Waals surface area (Å²) in [4.78, 5) is 2.86. The van der Waals surface area contributed by atoms with E-state index in [0.717, 1.165) is 19.4 Å². The quantitative estimate of drug-likeness (QED) is 0.486. The second-order valence-electron chi connectivity index (χ2n) is 9.02. The first-order valence-corrected chi connectivity index (χ1v) is 12.9. The van der Waals surface area contributed by atoms with Crippen molar-refractivity contribution < 1.29 is 8.42 Å². The molecule has 0 amide bonds. The van der Waals surface area contributed by atoms with Gasteiger partial charge in [0.05, 0.1) is 9.64 Å². The van der Waals surface area contributed by atoms with E-state index in [1.54, 1.807) is 12.1 Å². The third-order valence-electron chi connectivity index (χ3n) is 7.14. The van der Waals surface area contributed by atoms with E-state index in [2.05, 4.69) is 65.6 Å². The van der Waals surface area contributed by atoms with E-state index in [1.165, 1.54) is 11.1 Å². The van der Waals surface area contributed by atoms with E-state index in [9.17, 15) is 8.42 Å². The number of benzene rings is 3. The van der Waals surface area contributed by atoms with Crippen LogP contribution >= 0.6 is 0 Å². The van der Waals surface area contributed by atoms with Crippen LogP contribution in [0, 0.1) is 5.92 Å². The monoisotopic (exact) mass is 443 g/mol. The van der Waals surface area contributed by atoms with Crippen molar-refractivity contribution in [1.29, 1.82) is 0 Å². The van der Waals surface area contributed by atoms with Gasteiger partial charge >= 0.3 is 0 Å². The van der Waals surface area contributed by atoms with Crippen LogP contribution in [0.1, 0.15) is 24.0 Å². The van der Waals surface area contributed by atoms with Crippen LogP contribution in [-0.2, 0) is 22.8 Å². The zero-order valence-electron chi connectivity index (χ0n) is 18.2. The fourth-order valence-corrected chi connectivity index (χ4v) is 7.90. The molecule has 1 fully saturated rings. The fraction of sp³-hybridized carbons (Fsp3) is 0.286. The molecule has 0 N–H and O–H groups in total. The summed E-state index contributed by atoms with van der Waals surface area (Å²) in [5.74, 6) is -0.0367. The molecule has 3 aromatic carbocycles. The smallest absolute Gasteiger partial charge is 0.185 e. The van der Waals surface area contributed by atoms with Crippen molar-refractivity contribution >= 4 is 9.84 Å². The minimum absolute atomic E-state index is 0.0367. The van der Waals surface area contributed by atoms with Gasteiger partial charge in [0.25, 0.3) is 0 Å². The number of hydrogen-bond donors (Lipinski definition) is 0. The molecule has 0 aromatic heterocycles. The lowest BCUT2D eigenvalue weighted by atomic mass is 9.80. The van der Waals surface area contributed by atoms with E-state index in [4.69, 9.17) is 0 Å². The third kappa shape index (κ3) is 3.72. The van der Waals surface area contributed by atoms with E-state index in [0.29, 0.717) is 17.9 Å². The summed E-state index contributed by atoms with van der Waals surface area (Å²) >= 11 is 0. The molecule has 5 rings (SSSR count). The van der Waals surface area contributed by atoms with Crippen molar-refractivity contribution in [1.82, 2.24) is 4.90 Å². The highest BCUT2D eigenvalue weighted by Gasteiger charge is 2.59. The summed E-state index contributed by atoms with van der Waals surface area (Å²) in [5.41, 5.74) is 2.47. The van der Waals surface area contributed by atoms with Crippen molar-refractivity contribution in [3.63, 3.8) is 0 Å². The largest absolute Gasteiger partial charge is 0.294 e. The number of fused-ring (bicyclic) bond motifs is 1. The van der Waals surface area contributed by atoms with Crippen molar-refractivity contribution in [2.24, 2.45) is 5.92 Å². The number of hydrogen-bond acceptors (Lipinski definition) is 3. The average molecular weight is 444 g/mol. The zero-order chi connectivity index (χ0) is 22.0. The topological polar surface area (TPSA) is 37.4 Å². The molecule has 0 saturated carbocycles. The highest BCUT2D eigenvalue weighted by molar-refractivity contribution is 7.93. The molecule has 3 aromatic rings. The molecule has 3 nitrogen and oxygen atoms in total. The lowest BCUT2D eigenvalue weighted by molar-refractivity contribution is 0.228. The van der Waals surface area contributed by atoms with Crippen LogP contribution in [0.2, 0.25) is 0 Å². The van der Waals surface area contributed by atoms with Crippen LogP contribution in [-0.4, -0.2) is 30.7 Å². The molecule has 0 unspecified atom stereocenters. The van der Waals surface area contributed by atoms with Gasteiger partial charge in [-0.05, 0) is 42.5 Å². The Labute approximate surface area is 191 Å². The molecule has 2 aliphatic rings. The lowest BCUT2D eigenvalue weighted by Gasteiger charge is -2.36. The van der Waals surface area contributed by atoms with Crippen LogP contribution in [0.5, 0.6) is 0 Å². The van der Waals surface area contributed by atoms with Crippen LogP contribution in [0.4, 0.5) is 0 Å². The maximum atomic E-state index is 14.1. The Hall–Kier alpha value is -2.69. The molecule has 0 bridgehead atoms. The number of likely N-dealkylation sites (tertiary alicyclic amines) is 1. The minimum Gasteiger partial charge on any atom is -0.294 e. The standard InChI is InChI=1S/C28H29NO2S/c30-32(31,25-16-8-3-9-17-25)28-19-11-10-18-26(28)27(20-23-12-4-1-5-13-23)29(22-28)21-24-14-6-2-7-15-24/h1-10,12-18,26-27H,11,19-22H2/t26-,27+,28-/m1/s1. The Kier molecular flexibility index (Phi) is 5.75. The first-order chi connectivity index (χ1) is 15.6. The Morgan fingerprint density at radius 2 is 1.41 bits per heavy atom. The molecule has 32 heavy (non-hydrogen) atoms. The van der Waals surface area contributed by atoms with Gasteiger partial charge in [-0.25, -0.2) is 8.42 Å². The normalized spacial score (nSPS) is 25.5. The minimum atomic E-state index is -3.50. The second-order valence-corrected chi connectivity index (χ2v) is 11.3. The molecule has 4 heteroatoms. The van der Waals surface area contributed by atoms with E-state index < -0.39 is 14.6 Å². The summed E-state index contributed by atoms with van der Waals surface area (Å²) < 4.78 is 27.5. The molecule has 1 saturated heterocycles. The Bertz CT molecular complexity index is 1180. The Morgan fingerprint density at radius 1 is 0.812 bits per heavy atom. The molecular formula is C28H29NO2S. The molecule has 0 radical (unpaired) electrons. The number of allylic oxidation sites excluding steroid dienone is 1. The van der Waals surface area contributed by atoms with E-state index >= 15 is 0 Å². The number of sulfone groups is 1. The summed E-state index contributed by atoms with van der Waals surface area (Å²) in [6.07, 6.45) is 6.70.